The van der Waals surface area contributed by atoms with E-state index in [9.17, 15) is 9.90 Å². The quantitative estimate of drug-likeness (QED) is 0.828. The first kappa shape index (κ1) is 20.2. The van der Waals surface area contributed by atoms with Crippen LogP contribution in [0.2, 0.25) is 5.02 Å². The van der Waals surface area contributed by atoms with Crippen molar-refractivity contribution in [2.45, 2.75) is 38.4 Å². The molecule has 6 heteroatoms. The van der Waals surface area contributed by atoms with Gasteiger partial charge < -0.3 is 14.7 Å². The summed E-state index contributed by atoms with van der Waals surface area (Å²) in [5.41, 5.74) is 2.85. The van der Waals surface area contributed by atoms with Crippen LogP contribution < -0.4 is 4.74 Å². The van der Waals surface area contributed by atoms with E-state index in [1.54, 1.807) is 24.3 Å². The number of halogens is 1. The smallest absolute Gasteiger partial charge is 0.254 e. The molecule has 0 aliphatic carbocycles. The molecule has 5 nitrogen and oxygen atoms in total. The molecule has 154 valence electrons. The number of hydrogen-bond acceptors (Lipinski definition) is 4. The second-order valence-electron chi connectivity index (χ2n) is 7.83. The van der Waals surface area contributed by atoms with Crippen molar-refractivity contribution < 1.29 is 14.6 Å². The molecular weight excluding hydrogens is 388 g/mol. The largest absolute Gasteiger partial charge is 0.491 e. The first-order chi connectivity index (χ1) is 14.1. The Kier molecular flexibility index (Phi) is 6.38. The number of likely N-dealkylation sites (tertiary alicyclic amines) is 1. The number of aliphatic hydroxyl groups excluding tert-OH is 1. The lowest BCUT2D eigenvalue weighted by molar-refractivity contribution is 0.0733. The molecule has 2 heterocycles. The summed E-state index contributed by atoms with van der Waals surface area (Å²) in [4.78, 5) is 17.1. The van der Waals surface area contributed by atoms with Crippen LogP contribution in [0.25, 0.3) is 0 Å². The average Bonchev–Trinajstić information content (AvgIpc) is 2.96. The molecule has 2 aliphatic heterocycles. The Morgan fingerprint density at radius 3 is 2.76 bits per heavy atom. The summed E-state index contributed by atoms with van der Waals surface area (Å²) in [7, 11) is 0. The first-order valence-corrected chi connectivity index (χ1v) is 10.7. The van der Waals surface area contributed by atoms with Gasteiger partial charge in [-0.3, -0.25) is 9.69 Å². The Hall–Kier alpha value is -2.08. The van der Waals surface area contributed by atoms with Crippen LogP contribution in [-0.4, -0.2) is 53.2 Å². The molecule has 0 bridgehead atoms. The molecule has 0 spiro atoms. The van der Waals surface area contributed by atoms with Crippen molar-refractivity contribution in [3.63, 3.8) is 0 Å². The van der Waals surface area contributed by atoms with Crippen molar-refractivity contribution in [3.8, 4) is 5.75 Å². The molecule has 1 amide bonds. The number of benzene rings is 2. The molecule has 1 fully saturated rings. The SMILES string of the molecule is O=C(c1ccc(Cl)cc1)N1CCOc2ccc(CN3CCCC[C@H]3CO)cc2C1. The third-order valence-corrected chi connectivity index (χ3v) is 6.08. The van der Waals surface area contributed by atoms with Crippen LogP contribution in [-0.2, 0) is 13.1 Å². The highest BCUT2D eigenvalue weighted by Gasteiger charge is 2.24. The number of aliphatic hydroxyl groups is 1. The van der Waals surface area contributed by atoms with Crippen LogP contribution in [0.15, 0.2) is 42.5 Å². The van der Waals surface area contributed by atoms with E-state index in [2.05, 4.69) is 17.0 Å². The molecular formula is C23H27ClN2O3. The van der Waals surface area contributed by atoms with Gasteiger partial charge in [-0.25, -0.2) is 0 Å². The van der Waals surface area contributed by atoms with Gasteiger partial charge in [-0.2, -0.15) is 0 Å². The van der Waals surface area contributed by atoms with E-state index in [1.165, 1.54) is 18.4 Å². The van der Waals surface area contributed by atoms with Crippen LogP contribution >= 0.6 is 11.6 Å². The second kappa shape index (κ2) is 9.16. The van der Waals surface area contributed by atoms with Gasteiger partial charge in [0.1, 0.15) is 12.4 Å². The number of hydrogen-bond donors (Lipinski definition) is 1. The van der Waals surface area contributed by atoms with E-state index in [-0.39, 0.29) is 18.6 Å². The van der Waals surface area contributed by atoms with E-state index in [4.69, 9.17) is 16.3 Å². The molecule has 2 aromatic carbocycles. The van der Waals surface area contributed by atoms with Gasteiger partial charge in [0.05, 0.1) is 13.2 Å². The summed E-state index contributed by atoms with van der Waals surface area (Å²) < 4.78 is 5.90. The lowest BCUT2D eigenvalue weighted by Crippen LogP contribution is -2.41. The lowest BCUT2D eigenvalue weighted by atomic mass is 10.0. The van der Waals surface area contributed by atoms with Gasteiger partial charge in [-0.15, -0.1) is 0 Å². The number of rotatable bonds is 4. The molecule has 1 saturated heterocycles. The number of amides is 1. The monoisotopic (exact) mass is 414 g/mol. The van der Waals surface area contributed by atoms with Crippen molar-refractivity contribution in [3.05, 3.63) is 64.2 Å². The van der Waals surface area contributed by atoms with Crippen molar-refractivity contribution in [2.24, 2.45) is 0 Å². The van der Waals surface area contributed by atoms with Gasteiger partial charge in [0.15, 0.2) is 0 Å². The molecule has 29 heavy (non-hydrogen) atoms. The maximum Gasteiger partial charge on any atom is 0.254 e. The van der Waals surface area contributed by atoms with Gasteiger partial charge in [-0.1, -0.05) is 24.1 Å². The molecule has 2 aromatic rings. The van der Waals surface area contributed by atoms with Gasteiger partial charge >= 0.3 is 0 Å². The minimum absolute atomic E-state index is 0.0140. The van der Waals surface area contributed by atoms with Crippen molar-refractivity contribution in [1.29, 1.82) is 0 Å². The van der Waals surface area contributed by atoms with Gasteiger partial charge in [0, 0.05) is 35.3 Å². The zero-order valence-corrected chi connectivity index (χ0v) is 17.3. The predicted octanol–water partition coefficient (Wildman–Crippen LogP) is 3.72. The number of ether oxygens (including phenoxy) is 1. The summed E-state index contributed by atoms with van der Waals surface area (Å²) in [5.74, 6) is 0.831. The molecule has 1 N–H and O–H groups in total. The molecule has 2 aliphatic rings. The number of carbonyl (C=O) groups is 1. The molecule has 1 atom stereocenters. The van der Waals surface area contributed by atoms with E-state index >= 15 is 0 Å². The third-order valence-electron chi connectivity index (χ3n) is 5.83. The van der Waals surface area contributed by atoms with E-state index in [1.807, 2.05) is 11.0 Å². The number of nitrogens with zero attached hydrogens (tertiary/aromatic N) is 2. The van der Waals surface area contributed by atoms with Crippen molar-refractivity contribution in [2.75, 3.05) is 26.3 Å². The summed E-state index contributed by atoms with van der Waals surface area (Å²) in [6.45, 7) is 3.57. The minimum atomic E-state index is -0.0140. The fourth-order valence-corrected chi connectivity index (χ4v) is 4.33. The Labute approximate surface area is 176 Å². The van der Waals surface area contributed by atoms with Crippen LogP contribution in [0.1, 0.15) is 40.7 Å². The summed E-state index contributed by atoms with van der Waals surface area (Å²) in [6, 6.07) is 13.5. The van der Waals surface area contributed by atoms with Crippen LogP contribution in [0, 0.1) is 0 Å². The van der Waals surface area contributed by atoms with Crippen molar-refractivity contribution in [1.82, 2.24) is 9.80 Å². The zero-order valence-electron chi connectivity index (χ0n) is 16.5. The predicted molar refractivity (Wildman–Crippen MR) is 113 cm³/mol. The minimum Gasteiger partial charge on any atom is -0.491 e. The van der Waals surface area contributed by atoms with E-state index in [0.717, 1.165) is 30.8 Å². The third kappa shape index (κ3) is 4.74. The Balaban J connectivity index is 1.51. The van der Waals surface area contributed by atoms with Crippen molar-refractivity contribution >= 4 is 17.5 Å². The van der Waals surface area contributed by atoms with E-state index < -0.39 is 0 Å². The van der Waals surface area contributed by atoms with Gasteiger partial charge in [0.25, 0.3) is 5.91 Å². The first-order valence-electron chi connectivity index (χ1n) is 10.3. The number of carbonyl (C=O) groups excluding carboxylic acids is 1. The topological polar surface area (TPSA) is 53.0 Å². The number of fused-ring (bicyclic) bond motifs is 1. The van der Waals surface area contributed by atoms with Gasteiger partial charge in [0.2, 0.25) is 0 Å². The Morgan fingerprint density at radius 1 is 1.14 bits per heavy atom. The molecule has 0 aromatic heterocycles. The highest BCUT2D eigenvalue weighted by atomic mass is 35.5. The Bertz CT molecular complexity index is 856. The van der Waals surface area contributed by atoms with Crippen LogP contribution in [0.4, 0.5) is 0 Å². The molecule has 0 radical (unpaired) electrons. The zero-order chi connectivity index (χ0) is 20.2. The highest BCUT2D eigenvalue weighted by Crippen LogP contribution is 2.27. The fraction of sp³-hybridized carbons (Fsp3) is 0.435. The second-order valence-corrected chi connectivity index (χ2v) is 8.26. The maximum atomic E-state index is 12.9. The highest BCUT2D eigenvalue weighted by molar-refractivity contribution is 6.30. The fourth-order valence-electron chi connectivity index (χ4n) is 4.20. The average molecular weight is 415 g/mol. The number of piperidine rings is 1. The van der Waals surface area contributed by atoms with Gasteiger partial charge in [-0.05, 0) is 61.3 Å². The summed E-state index contributed by atoms with van der Waals surface area (Å²) >= 11 is 5.95. The van der Waals surface area contributed by atoms with Crippen LogP contribution in [0.3, 0.4) is 0 Å². The maximum absolute atomic E-state index is 12.9. The summed E-state index contributed by atoms with van der Waals surface area (Å²) in [6.07, 6.45) is 3.41. The molecule has 0 saturated carbocycles. The summed E-state index contributed by atoms with van der Waals surface area (Å²) in [5, 5.41) is 10.3. The lowest BCUT2D eigenvalue weighted by Gasteiger charge is -2.34. The standard InChI is InChI=1S/C23H27ClN2O3/c24-20-7-5-18(6-8-20)23(28)26-11-12-29-22-9-4-17(13-19(22)15-26)14-25-10-2-1-3-21(25)16-27/h4-9,13,21,27H,1-3,10-12,14-16H2/t21-/m0/s1. The Morgan fingerprint density at radius 2 is 1.97 bits per heavy atom. The normalized spacial score (nSPS) is 19.9. The van der Waals surface area contributed by atoms with Crippen LogP contribution in [0.5, 0.6) is 5.75 Å². The molecule has 4 rings (SSSR count). The molecule has 0 unspecified atom stereocenters. The van der Waals surface area contributed by atoms with E-state index in [0.29, 0.717) is 30.3 Å².